The van der Waals surface area contributed by atoms with E-state index in [2.05, 4.69) is 0 Å². The Kier molecular flexibility index (Phi) is 3.25. The monoisotopic (exact) mass is 193 g/mol. The molecule has 3 heteroatoms. The van der Waals surface area contributed by atoms with E-state index in [1.54, 1.807) is 24.0 Å². The van der Waals surface area contributed by atoms with Crippen molar-refractivity contribution in [1.29, 1.82) is 0 Å². The van der Waals surface area contributed by atoms with Crippen LogP contribution in [0.4, 0.5) is 0 Å². The highest BCUT2D eigenvalue weighted by molar-refractivity contribution is 5.98. The Hall–Kier alpha value is -1.35. The van der Waals surface area contributed by atoms with E-state index >= 15 is 0 Å². The van der Waals surface area contributed by atoms with Crippen molar-refractivity contribution in [3.63, 3.8) is 0 Å². The van der Waals surface area contributed by atoms with Crippen molar-refractivity contribution in [1.82, 2.24) is 4.90 Å². The molecule has 0 atom stereocenters. The Labute approximate surface area is 84.0 Å². The topological polar surface area (TPSA) is 40.5 Å². The second-order valence-corrected chi connectivity index (χ2v) is 3.66. The average molecular weight is 193 g/mol. The molecule has 3 nitrogen and oxygen atoms in total. The van der Waals surface area contributed by atoms with E-state index in [4.69, 9.17) is 0 Å². The molecule has 0 aliphatic rings. The van der Waals surface area contributed by atoms with Gasteiger partial charge in [0.2, 0.25) is 0 Å². The van der Waals surface area contributed by atoms with E-state index in [9.17, 15) is 9.90 Å². The first-order valence-electron chi connectivity index (χ1n) is 4.48. The second-order valence-electron chi connectivity index (χ2n) is 3.66. The van der Waals surface area contributed by atoms with Crippen LogP contribution in [0.3, 0.4) is 0 Å². The molecule has 1 rings (SSSR count). The number of ketones is 1. The lowest BCUT2D eigenvalue weighted by atomic mass is 10.1. The summed E-state index contributed by atoms with van der Waals surface area (Å²) >= 11 is 0. The van der Waals surface area contributed by atoms with E-state index < -0.39 is 0 Å². The number of likely N-dealkylation sites (N-methyl/N-ethyl adjacent to an activating group) is 1. The summed E-state index contributed by atoms with van der Waals surface area (Å²) in [6.45, 7) is 2.16. The minimum Gasteiger partial charge on any atom is -0.508 e. The summed E-state index contributed by atoms with van der Waals surface area (Å²) in [6, 6.07) is 5.00. The molecule has 0 aliphatic carbocycles. The normalized spacial score (nSPS) is 10.6. The highest BCUT2D eigenvalue weighted by Crippen LogP contribution is 2.17. The molecule has 1 N–H and O–H groups in total. The summed E-state index contributed by atoms with van der Waals surface area (Å²) in [7, 11) is 3.68. The lowest BCUT2D eigenvalue weighted by Crippen LogP contribution is -2.21. The molecule has 0 heterocycles. The maximum atomic E-state index is 11.6. The quantitative estimate of drug-likeness (QED) is 0.738. The number of phenolic OH excluding ortho intramolecular Hbond substituents is 1. The van der Waals surface area contributed by atoms with Crippen LogP contribution in [0.15, 0.2) is 18.2 Å². The van der Waals surface area contributed by atoms with E-state index in [1.165, 1.54) is 6.07 Å². The van der Waals surface area contributed by atoms with Gasteiger partial charge in [0, 0.05) is 5.56 Å². The number of nitrogens with zero attached hydrogens (tertiary/aromatic N) is 1. The summed E-state index contributed by atoms with van der Waals surface area (Å²) in [5.41, 5.74) is 1.34. The molecule has 14 heavy (non-hydrogen) atoms. The fourth-order valence-corrected chi connectivity index (χ4v) is 1.16. The molecule has 0 unspecified atom stereocenters. The van der Waals surface area contributed by atoms with Crippen LogP contribution in [-0.2, 0) is 0 Å². The van der Waals surface area contributed by atoms with E-state index in [-0.39, 0.29) is 11.5 Å². The van der Waals surface area contributed by atoms with Gasteiger partial charge in [-0.1, -0.05) is 12.1 Å². The smallest absolute Gasteiger partial charge is 0.176 e. The molecule has 0 amide bonds. The zero-order chi connectivity index (χ0) is 10.7. The minimum absolute atomic E-state index is 0.0188. The Balaban J connectivity index is 2.86. The molecule has 0 bridgehead atoms. The Morgan fingerprint density at radius 1 is 1.43 bits per heavy atom. The third-order valence-corrected chi connectivity index (χ3v) is 1.99. The zero-order valence-electron chi connectivity index (χ0n) is 8.74. The zero-order valence-corrected chi connectivity index (χ0v) is 8.74. The summed E-state index contributed by atoms with van der Waals surface area (Å²) < 4.78 is 0. The van der Waals surface area contributed by atoms with Gasteiger partial charge in [-0.05, 0) is 32.6 Å². The Morgan fingerprint density at radius 3 is 2.57 bits per heavy atom. The highest BCUT2D eigenvalue weighted by atomic mass is 16.3. The molecule has 76 valence electrons. The number of carbonyl (C=O) groups excluding carboxylic acids is 1. The van der Waals surface area contributed by atoms with Crippen LogP contribution in [0.2, 0.25) is 0 Å². The summed E-state index contributed by atoms with van der Waals surface area (Å²) in [6.07, 6.45) is 0. The Bertz CT molecular complexity index is 345. The van der Waals surface area contributed by atoms with Gasteiger partial charge in [-0.2, -0.15) is 0 Å². The lowest BCUT2D eigenvalue weighted by Gasteiger charge is -2.08. The number of rotatable bonds is 3. The van der Waals surface area contributed by atoms with Gasteiger partial charge in [-0.3, -0.25) is 4.79 Å². The van der Waals surface area contributed by atoms with Gasteiger partial charge >= 0.3 is 0 Å². The van der Waals surface area contributed by atoms with Crippen molar-refractivity contribution in [2.75, 3.05) is 20.6 Å². The van der Waals surface area contributed by atoms with Crippen LogP contribution in [-0.4, -0.2) is 36.4 Å². The standard InChI is InChI=1S/C11H15NO2/c1-8-4-5-9(6-10(8)13)11(14)7-12(2)3/h4-6,13H,7H2,1-3H3. The van der Waals surface area contributed by atoms with E-state index in [0.717, 1.165) is 5.56 Å². The number of carbonyl (C=O) groups is 1. The van der Waals surface area contributed by atoms with Gasteiger partial charge in [0.15, 0.2) is 5.78 Å². The highest BCUT2D eigenvalue weighted by Gasteiger charge is 2.08. The molecule has 0 fully saturated rings. The fourth-order valence-electron chi connectivity index (χ4n) is 1.16. The minimum atomic E-state index is 0.0188. The van der Waals surface area contributed by atoms with Crippen LogP contribution >= 0.6 is 0 Å². The molecule has 0 radical (unpaired) electrons. The predicted molar refractivity (Wildman–Crippen MR) is 55.7 cm³/mol. The van der Waals surface area contributed by atoms with Crippen molar-refractivity contribution in [2.24, 2.45) is 0 Å². The summed E-state index contributed by atoms with van der Waals surface area (Å²) in [5, 5.41) is 9.42. The van der Waals surface area contributed by atoms with Crippen molar-refractivity contribution in [3.8, 4) is 5.75 Å². The largest absolute Gasteiger partial charge is 0.508 e. The van der Waals surface area contributed by atoms with E-state index in [1.807, 2.05) is 14.1 Å². The molecular weight excluding hydrogens is 178 g/mol. The van der Waals surface area contributed by atoms with Gasteiger partial charge < -0.3 is 10.0 Å². The molecule has 0 aliphatic heterocycles. The first kappa shape index (κ1) is 10.7. The summed E-state index contributed by atoms with van der Waals surface area (Å²) in [4.78, 5) is 13.4. The number of hydrogen-bond donors (Lipinski definition) is 1. The average Bonchev–Trinajstić information content (AvgIpc) is 2.08. The van der Waals surface area contributed by atoms with Gasteiger partial charge in [-0.15, -0.1) is 0 Å². The van der Waals surface area contributed by atoms with Gasteiger partial charge in [0.05, 0.1) is 6.54 Å². The van der Waals surface area contributed by atoms with Crippen molar-refractivity contribution < 1.29 is 9.90 Å². The SMILES string of the molecule is Cc1ccc(C(=O)CN(C)C)cc1O. The summed E-state index contributed by atoms with van der Waals surface area (Å²) in [5.74, 6) is 0.194. The van der Waals surface area contributed by atoms with Crippen molar-refractivity contribution in [3.05, 3.63) is 29.3 Å². The molecule has 1 aromatic rings. The lowest BCUT2D eigenvalue weighted by molar-refractivity contribution is 0.0957. The van der Waals surface area contributed by atoms with Crippen molar-refractivity contribution >= 4 is 5.78 Å². The van der Waals surface area contributed by atoms with Crippen LogP contribution in [0, 0.1) is 6.92 Å². The van der Waals surface area contributed by atoms with Gasteiger partial charge in [0.25, 0.3) is 0 Å². The van der Waals surface area contributed by atoms with Gasteiger partial charge in [0.1, 0.15) is 5.75 Å². The first-order valence-corrected chi connectivity index (χ1v) is 4.48. The third-order valence-electron chi connectivity index (χ3n) is 1.99. The fraction of sp³-hybridized carbons (Fsp3) is 0.364. The maximum absolute atomic E-state index is 11.6. The van der Waals surface area contributed by atoms with Crippen molar-refractivity contribution in [2.45, 2.75) is 6.92 Å². The molecule has 1 aromatic carbocycles. The van der Waals surface area contributed by atoms with Crippen LogP contribution in [0.1, 0.15) is 15.9 Å². The van der Waals surface area contributed by atoms with Crippen LogP contribution < -0.4 is 0 Å². The van der Waals surface area contributed by atoms with E-state index in [0.29, 0.717) is 12.1 Å². The predicted octanol–water partition coefficient (Wildman–Crippen LogP) is 1.44. The van der Waals surface area contributed by atoms with Crippen LogP contribution in [0.5, 0.6) is 5.75 Å². The maximum Gasteiger partial charge on any atom is 0.176 e. The number of benzene rings is 1. The third kappa shape index (κ3) is 2.57. The number of phenols is 1. The number of aryl methyl sites for hydroxylation is 1. The first-order chi connectivity index (χ1) is 6.50. The Morgan fingerprint density at radius 2 is 2.07 bits per heavy atom. The molecular formula is C11H15NO2. The number of aromatic hydroxyl groups is 1. The second kappa shape index (κ2) is 4.24. The van der Waals surface area contributed by atoms with Gasteiger partial charge in [-0.25, -0.2) is 0 Å². The molecule has 0 saturated carbocycles. The molecule has 0 saturated heterocycles. The number of Topliss-reactive ketones (excluding diaryl/α,β-unsaturated/α-hetero) is 1. The molecule has 0 aromatic heterocycles. The van der Waals surface area contributed by atoms with Crippen LogP contribution in [0.25, 0.3) is 0 Å². The number of hydrogen-bond acceptors (Lipinski definition) is 3. The molecule has 0 spiro atoms.